The number of fused-ring (bicyclic) bond motifs is 3. The summed E-state index contributed by atoms with van der Waals surface area (Å²) < 4.78 is 7.25. The number of hydrogen-bond acceptors (Lipinski definition) is 5. The van der Waals surface area contributed by atoms with Crippen molar-refractivity contribution in [3.63, 3.8) is 0 Å². The van der Waals surface area contributed by atoms with E-state index in [-0.39, 0.29) is 5.56 Å². The van der Waals surface area contributed by atoms with Gasteiger partial charge in [-0.3, -0.25) is 9.20 Å². The van der Waals surface area contributed by atoms with Gasteiger partial charge in [-0.15, -0.1) is 11.3 Å². The normalized spacial score (nSPS) is 13.6. The molecule has 1 aliphatic carbocycles. The van der Waals surface area contributed by atoms with Crippen LogP contribution in [0.25, 0.3) is 4.96 Å². The van der Waals surface area contributed by atoms with Gasteiger partial charge in [-0.2, -0.15) is 0 Å². The number of ether oxygens (including phenoxy) is 1. The number of anilines is 1. The van der Waals surface area contributed by atoms with Crippen LogP contribution in [0.2, 0.25) is 0 Å². The van der Waals surface area contributed by atoms with Crippen molar-refractivity contribution < 1.29 is 4.74 Å². The molecule has 6 heteroatoms. The first kappa shape index (κ1) is 16.1. The van der Waals surface area contributed by atoms with Gasteiger partial charge in [0.15, 0.2) is 4.96 Å². The average Bonchev–Trinajstić information content (AvgIpc) is 3.00. The molecule has 0 radical (unpaired) electrons. The van der Waals surface area contributed by atoms with Crippen molar-refractivity contribution in [2.75, 3.05) is 11.9 Å². The zero-order valence-corrected chi connectivity index (χ0v) is 15.1. The van der Waals surface area contributed by atoms with Gasteiger partial charge in [0.05, 0.1) is 18.8 Å². The van der Waals surface area contributed by atoms with E-state index in [4.69, 9.17) is 9.72 Å². The van der Waals surface area contributed by atoms with Crippen LogP contribution < -0.4 is 15.6 Å². The van der Waals surface area contributed by atoms with Crippen LogP contribution in [0.1, 0.15) is 36.0 Å². The number of rotatable bonds is 5. The van der Waals surface area contributed by atoms with Gasteiger partial charge < -0.3 is 10.1 Å². The van der Waals surface area contributed by atoms with Gasteiger partial charge >= 0.3 is 0 Å². The first-order chi connectivity index (χ1) is 12.2. The van der Waals surface area contributed by atoms with Crippen LogP contribution in [0.5, 0.6) is 5.75 Å². The van der Waals surface area contributed by atoms with Gasteiger partial charge in [-0.25, -0.2) is 4.98 Å². The second-order valence-corrected chi connectivity index (χ2v) is 7.26. The van der Waals surface area contributed by atoms with E-state index >= 15 is 0 Å². The summed E-state index contributed by atoms with van der Waals surface area (Å²) in [7, 11) is 0. The van der Waals surface area contributed by atoms with Crippen molar-refractivity contribution in [2.45, 2.75) is 39.2 Å². The lowest BCUT2D eigenvalue weighted by molar-refractivity contribution is 0.340. The Labute approximate surface area is 150 Å². The van der Waals surface area contributed by atoms with Crippen molar-refractivity contribution in [3.8, 4) is 5.75 Å². The van der Waals surface area contributed by atoms with Crippen LogP contribution in [0.4, 0.5) is 5.69 Å². The van der Waals surface area contributed by atoms with E-state index < -0.39 is 0 Å². The van der Waals surface area contributed by atoms with E-state index in [2.05, 4.69) is 5.32 Å². The van der Waals surface area contributed by atoms with Crippen LogP contribution in [0.3, 0.4) is 0 Å². The van der Waals surface area contributed by atoms with Gasteiger partial charge in [0, 0.05) is 22.3 Å². The summed E-state index contributed by atoms with van der Waals surface area (Å²) in [5.41, 5.74) is 2.97. The fourth-order valence-corrected chi connectivity index (χ4v) is 4.49. The summed E-state index contributed by atoms with van der Waals surface area (Å²) in [4.78, 5) is 19.4. The maximum atomic E-state index is 12.5. The van der Waals surface area contributed by atoms with Crippen molar-refractivity contribution in [1.82, 2.24) is 9.38 Å². The van der Waals surface area contributed by atoms with Gasteiger partial charge in [0.25, 0.3) is 5.56 Å². The molecule has 0 fully saturated rings. The number of hydrogen-bond donors (Lipinski definition) is 1. The number of nitrogens with zero attached hydrogens (tertiary/aromatic N) is 2. The Balaban J connectivity index is 1.54. The highest BCUT2D eigenvalue weighted by Gasteiger charge is 2.18. The smallest absolute Gasteiger partial charge is 0.259 e. The fraction of sp³-hybridized carbons (Fsp3) is 0.368. The third kappa shape index (κ3) is 3.26. The first-order valence-electron chi connectivity index (χ1n) is 8.74. The highest BCUT2D eigenvalue weighted by molar-refractivity contribution is 7.17. The minimum atomic E-state index is 0.0351. The van der Waals surface area contributed by atoms with E-state index in [1.54, 1.807) is 21.8 Å². The van der Waals surface area contributed by atoms with Crippen LogP contribution in [0, 0.1) is 0 Å². The minimum absolute atomic E-state index is 0.0351. The Morgan fingerprint density at radius 3 is 2.84 bits per heavy atom. The lowest BCUT2D eigenvalue weighted by Crippen LogP contribution is -2.18. The summed E-state index contributed by atoms with van der Waals surface area (Å²) in [6.07, 6.45) is 4.43. The standard InChI is InChI=1S/C19H21N3O2S/c1-2-24-15-9-7-13(8-10-15)20-12-14-11-18(23)22-16-5-3-4-6-17(16)25-19(22)21-14/h7-11,20H,2-6,12H2,1H3. The van der Waals surface area contributed by atoms with Crippen molar-refractivity contribution in [1.29, 1.82) is 0 Å². The number of aryl methyl sites for hydroxylation is 2. The zero-order chi connectivity index (χ0) is 17.2. The molecule has 0 atom stereocenters. The molecular formula is C19H21N3O2S. The lowest BCUT2D eigenvalue weighted by Gasteiger charge is -2.10. The van der Waals surface area contributed by atoms with Crippen LogP contribution in [0.15, 0.2) is 35.1 Å². The molecular weight excluding hydrogens is 334 g/mol. The predicted molar refractivity (Wildman–Crippen MR) is 101 cm³/mol. The molecule has 0 aliphatic heterocycles. The number of thiazole rings is 1. The van der Waals surface area contributed by atoms with Gasteiger partial charge in [0.1, 0.15) is 5.75 Å². The Morgan fingerprint density at radius 1 is 1.24 bits per heavy atom. The van der Waals surface area contributed by atoms with Crippen molar-refractivity contribution >= 4 is 22.0 Å². The Morgan fingerprint density at radius 2 is 2.04 bits per heavy atom. The summed E-state index contributed by atoms with van der Waals surface area (Å²) in [5.74, 6) is 0.856. The quantitative estimate of drug-likeness (QED) is 0.759. The Kier molecular flexibility index (Phi) is 4.44. The average molecular weight is 355 g/mol. The minimum Gasteiger partial charge on any atom is -0.494 e. The second kappa shape index (κ2) is 6.88. The summed E-state index contributed by atoms with van der Waals surface area (Å²) >= 11 is 1.66. The molecule has 5 nitrogen and oxygen atoms in total. The molecule has 3 aromatic rings. The first-order valence-corrected chi connectivity index (χ1v) is 9.56. The molecule has 0 saturated carbocycles. The lowest BCUT2D eigenvalue weighted by atomic mass is 10.0. The van der Waals surface area contributed by atoms with Crippen LogP contribution >= 0.6 is 11.3 Å². The third-order valence-electron chi connectivity index (χ3n) is 4.45. The molecule has 0 unspecified atom stereocenters. The van der Waals surface area contributed by atoms with Crippen LogP contribution in [-0.2, 0) is 19.4 Å². The molecule has 1 N–H and O–H groups in total. The van der Waals surface area contributed by atoms with E-state index in [1.165, 1.54) is 17.0 Å². The molecule has 0 amide bonds. The van der Waals surface area contributed by atoms with E-state index in [0.29, 0.717) is 13.2 Å². The molecule has 4 rings (SSSR count). The second-order valence-electron chi connectivity index (χ2n) is 6.19. The number of aromatic nitrogens is 2. The van der Waals surface area contributed by atoms with Crippen molar-refractivity contribution in [2.24, 2.45) is 0 Å². The molecule has 1 aromatic carbocycles. The largest absolute Gasteiger partial charge is 0.494 e. The Hall–Kier alpha value is -2.34. The van der Waals surface area contributed by atoms with Gasteiger partial charge in [0.2, 0.25) is 0 Å². The van der Waals surface area contributed by atoms with Gasteiger partial charge in [-0.05, 0) is 56.9 Å². The monoisotopic (exact) mass is 355 g/mol. The summed E-state index contributed by atoms with van der Waals surface area (Å²) in [6, 6.07) is 9.46. The topological polar surface area (TPSA) is 55.6 Å². The number of benzene rings is 1. The molecule has 0 spiro atoms. The summed E-state index contributed by atoms with van der Waals surface area (Å²) in [5, 5.41) is 3.32. The molecule has 2 aromatic heterocycles. The van der Waals surface area contributed by atoms with E-state index in [1.807, 2.05) is 31.2 Å². The maximum Gasteiger partial charge on any atom is 0.259 e. The molecule has 0 bridgehead atoms. The van der Waals surface area contributed by atoms with E-state index in [9.17, 15) is 4.79 Å². The Bertz CT molecular complexity index is 944. The molecule has 0 saturated heterocycles. The molecule has 1 aliphatic rings. The fourth-order valence-electron chi connectivity index (χ4n) is 3.26. The highest BCUT2D eigenvalue weighted by atomic mass is 32.1. The predicted octanol–water partition coefficient (Wildman–Crippen LogP) is 3.65. The SMILES string of the molecule is CCOc1ccc(NCc2cc(=O)n3c4c(sc3n2)CCCC4)cc1. The van der Waals surface area contributed by atoms with Gasteiger partial charge in [-0.1, -0.05) is 0 Å². The molecule has 25 heavy (non-hydrogen) atoms. The molecule has 130 valence electrons. The van der Waals surface area contributed by atoms with E-state index in [0.717, 1.165) is 41.4 Å². The number of nitrogens with one attached hydrogen (secondary N) is 1. The van der Waals surface area contributed by atoms with Crippen LogP contribution in [-0.4, -0.2) is 16.0 Å². The van der Waals surface area contributed by atoms with Crippen molar-refractivity contribution in [3.05, 3.63) is 57.0 Å². The third-order valence-corrected chi connectivity index (χ3v) is 5.60. The summed E-state index contributed by atoms with van der Waals surface area (Å²) in [6.45, 7) is 3.16. The zero-order valence-electron chi connectivity index (χ0n) is 14.2. The highest BCUT2D eigenvalue weighted by Crippen LogP contribution is 2.28. The maximum absolute atomic E-state index is 12.5. The molecule has 2 heterocycles.